The Labute approximate surface area is 168 Å². The maximum absolute atomic E-state index is 11.6. The molecule has 7 nitrogen and oxygen atoms in total. The molecule has 0 saturated carbocycles. The van der Waals surface area contributed by atoms with Gasteiger partial charge in [0, 0.05) is 25.1 Å². The van der Waals surface area contributed by atoms with Crippen molar-refractivity contribution in [3.8, 4) is 5.75 Å². The zero-order valence-electron chi connectivity index (χ0n) is 16.0. The summed E-state index contributed by atoms with van der Waals surface area (Å²) in [5, 5.41) is 15.6. The van der Waals surface area contributed by atoms with Crippen LogP contribution >= 0.6 is 0 Å². The van der Waals surface area contributed by atoms with Crippen LogP contribution in [-0.4, -0.2) is 29.7 Å². The number of hydrogen-bond donors (Lipinski definition) is 1. The second-order valence-corrected chi connectivity index (χ2v) is 7.17. The molecule has 0 aliphatic carbocycles. The molecular weight excluding hydrogens is 370 g/mol. The zero-order valence-corrected chi connectivity index (χ0v) is 16.0. The maximum Gasteiger partial charge on any atom is 0.311 e. The highest BCUT2D eigenvalue weighted by molar-refractivity contribution is 5.96. The lowest BCUT2D eigenvalue weighted by atomic mass is 10.00. The second kappa shape index (κ2) is 8.87. The molecule has 0 amide bonds. The summed E-state index contributed by atoms with van der Waals surface area (Å²) in [6, 6.07) is 15.4. The van der Waals surface area contributed by atoms with Gasteiger partial charge in [-0.15, -0.1) is 0 Å². The van der Waals surface area contributed by atoms with Crippen LogP contribution in [0.4, 0.5) is 11.4 Å². The van der Waals surface area contributed by atoms with E-state index in [1.54, 1.807) is 0 Å². The molecule has 0 spiro atoms. The lowest BCUT2D eigenvalue weighted by Gasteiger charge is -2.23. The van der Waals surface area contributed by atoms with Crippen LogP contribution < -0.4 is 10.1 Å². The molecule has 1 N–H and O–H groups in total. The zero-order chi connectivity index (χ0) is 20.1. The molecular formula is C22H23N3O4. The van der Waals surface area contributed by atoms with Crippen molar-refractivity contribution in [1.29, 1.82) is 0 Å². The molecule has 2 aromatic carbocycles. The summed E-state index contributed by atoms with van der Waals surface area (Å²) < 4.78 is 11.3. The third-order valence-electron chi connectivity index (χ3n) is 5.17. The van der Waals surface area contributed by atoms with Gasteiger partial charge >= 0.3 is 5.69 Å². The number of nitro groups is 1. The Morgan fingerprint density at radius 3 is 2.72 bits per heavy atom. The molecule has 1 aliphatic rings. The normalized spacial score (nSPS) is 14.6. The van der Waals surface area contributed by atoms with Crippen molar-refractivity contribution in [2.24, 2.45) is 5.92 Å². The van der Waals surface area contributed by atoms with E-state index in [9.17, 15) is 10.1 Å². The Hall–Kier alpha value is -3.19. The number of rotatable bonds is 7. The summed E-state index contributed by atoms with van der Waals surface area (Å²) in [5.74, 6) is 1.09. The van der Waals surface area contributed by atoms with Gasteiger partial charge in [0.2, 0.25) is 0 Å². The van der Waals surface area contributed by atoms with Crippen molar-refractivity contribution in [2.45, 2.75) is 19.4 Å². The molecule has 0 atom stereocenters. The molecule has 0 bridgehead atoms. The number of anilines is 1. The largest absolute Gasteiger partial charge is 0.489 e. The lowest BCUT2D eigenvalue weighted by Crippen LogP contribution is -2.23. The van der Waals surface area contributed by atoms with Gasteiger partial charge < -0.3 is 14.8 Å². The number of fused-ring (bicyclic) bond motifs is 1. The molecule has 29 heavy (non-hydrogen) atoms. The molecule has 0 unspecified atom stereocenters. The molecule has 0 radical (unpaired) electrons. The molecule has 1 saturated heterocycles. The molecule has 2 heterocycles. The number of nitrogens with one attached hydrogen (secondary N) is 1. The summed E-state index contributed by atoms with van der Waals surface area (Å²) in [6.45, 7) is 2.57. The molecule has 1 aliphatic heterocycles. The predicted octanol–water partition coefficient (Wildman–Crippen LogP) is 4.56. The Kier molecular flexibility index (Phi) is 5.86. The molecule has 1 fully saturated rings. The van der Waals surface area contributed by atoms with Crippen LogP contribution in [0, 0.1) is 16.0 Å². The van der Waals surface area contributed by atoms with E-state index in [0.29, 0.717) is 41.4 Å². The van der Waals surface area contributed by atoms with Gasteiger partial charge in [-0.3, -0.25) is 10.1 Å². The van der Waals surface area contributed by atoms with Crippen molar-refractivity contribution in [1.82, 2.24) is 4.98 Å². The Morgan fingerprint density at radius 1 is 1.17 bits per heavy atom. The van der Waals surface area contributed by atoms with Gasteiger partial charge in [0.15, 0.2) is 0 Å². The van der Waals surface area contributed by atoms with Crippen LogP contribution in [0.25, 0.3) is 10.9 Å². The van der Waals surface area contributed by atoms with Gasteiger partial charge in [-0.1, -0.05) is 30.3 Å². The van der Waals surface area contributed by atoms with Crippen LogP contribution in [0.2, 0.25) is 0 Å². The first kappa shape index (κ1) is 19.1. The number of hydrogen-bond acceptors (Lipinski definition) is 6. The van der Waals surface area contributed by atoms with Crippen molar-refractivity contribution < 1.29 is 14.4 Å². The van der Waals surface area contributed by atoms with Crippen molar-refractivity contribution in [2.75, 3.05) is 25.1 Å². The number of pyridine rings is 1. The summed E-state index contributed by atoms with van der Waals surface area (Å²) >= 11 is 0. The second-order valence-electron chi connectivity index (χ2n) is 7.17. The van der Waals surface area contributed by atoms with E-state index in [0.717, 1.165) is 31.6 Å². The summed E-state index contributed by atoms with van der Waals surface area (Å²) in [6.07, 6.45) is 3.23. The van der Waals surface area contributed by atoms with Crippen LogP contribution in [0.3, 0.4) is 0 Å². The van der Waals surface area contributed by atoms with Crippen molar-refractivity contribution >= 4 is 22.3 Å². The van der Waals surface area contributed by atoms with E-state index in [4.69, 9.17) is 9.47 Å². The highest BCUT2D eigenvalue weighted by Gasteiger charge is 2.21. The van der Waals surface area contributed by atoms with E-state index >= 15 is 0 Å². The Morgan fingerprint density at radius 2 is 1.97 bits per heavy atom. The lowest BCUT2D eigenvalue weighted by molar-refractivity contribution is -0.384. The molecule has 4 rings (SSSR count). The van der Waals surface area contributed by atoms with Crippen molar-refractivity contribution in [3.05, 3.63) is 70.4 Å². The highest BCUT2D eigenvalue weighted by atomic mass is 16.6. The topological polar surface area (TPSA) is 86.5 Å². The minimum Gasteiger partial charge on any atom is -0.489 e. The van der Waals surface area contributed by atoms with Gasteiger partial charge in [0.25, 0.3) is 0 Å². The van der Waals surface area contributed by atoms with E-state index in [-0.39, 0.29) is 5.69 Å². The van der Waals surface area contributed by atoms with Crippen LogP contribution in [-0.2, 0) is 11.3 Å². The molecule has 3 aromatic rings. The van der Waals surface area contributed by atoms with Crippen LogP contribution in [0.15, 0.2) is 54.7 Å². The van der Waals surface area contributed by atoms with Crippen molar-refractivity contribution in [3.63, 3.8) is 0 Å². The number of benzene rings is 2. The van der Waals surface area contributed by atoms with Gasteiger partial charge in [0.1, 0.15) is 24.2 Å². The van der Waals surface area contributed by atoms with Gasteiger partial charge in [-0.05, 0) is 42.5 Å². The van der Waals surface area contributed by atoms with Gasteiger partial charge in [-0.2, -0.15) is 0 Å². The fourth-order valence-electron chi connectivity index (χ4n) is 3.51. The predicted molar refractivity (Wildman–Crippen MR) is 111 cm³/mol. The first-order valence-corrected chi connectivity index (χ1v) is 9.76. The highest BCUT2D eigenvalue weighted by Crippen LogP contribution is 2.34. The first-order valence-electron chi connectivity index (χ1n) is 9.76. The van der Waals surface area contributed by atoms with Gasteiger partial charge in [-0.25, -0.2) is 4.98 Å². The summed E-state index contributed by atoms with van der Waals surface area (Å²) in [7, 11) is 0. The summed E-state index contributed by atoms with van der Waals surface area (Å²) in [4.78, 5) is 15.5. The minimum atomic E-state index is -0.393. The maximum atomic E-state index is 11.6. The SMILES string of the molecule is O=[N+]([O-])c1cnc2ccc(OCc3ccccc3)cc2c1NCC1CCOCC1. The van der Waals surface area contributed by atoms with Crippen LogP contribution in [0.5, 0.6) is 5.75 Å². The quantitative estimate of drug-likeness (QED) is 0.468. The third kappa shape index (κ3) is 4.63. The van der Waals surface area contributed by atoms with Crippen LogP contribution in [0.1, 0.15) is 18.4 Å². The number of nitrogens with zero attached hydrogens (tertiary/aromatic N) is 2. The van der Waals surface area contributed by atoms with E-state index in [1.165, 1.54) is 6.20 Å². The fourth-order valence-corrected chi connectivity index (χ4v) is 3.51. The summed E-state index contributed by atoms with van der Waals surface area (Å²) in [5.41, 5.74) is 2.22. The number of ether oxygens (including phenoxy) is 2. The van der Waals surface area contributed by atoms with E-state index < -0.39 is 4.92 Å². The van der Waals surface area contributed by atoms with E-state index in [2.05, 4.69) is 10.3 Å². The Balaban J connectivity index is 1.60. The average Bonchev–Trinajstić information content (AvgIpc) is 2.77. The standard InChI is InChI=1S/C22H23N3O4/c26-25(27)21-14-23-20-7-6-18(29-15-17-4-2-1-3-5-17)12-19(20)22(21)24-13-16-8-10-28-11-9-16/h1-7,12,14,16H,8-11,13,15H2,(H,23,24). The molecule has 150 valence electrons. The third-order valence-corrected chi connectivity index (χ3v) is 5.17. The smallest absolute Gasteiger partial charge is 0.311 e. The fraction of sp³-hybridized carbons (Fsp3) is 0.318. The Bertz CT molecular complexity index is 988. The van der Waals surface area contributed by atoms with E-state index in [1.807, 2.05) is 48.5 Å². The minimum absolute atomic E-state index is 0.0234. The monoisotopic (exact) mass is 393 g/mol. The molecule has 1 aromatic heterocycles. The average molecular weight is 393 g/mol. The van der Waals surface area contributed by atoms with Gasteiger partial charge in [0.05, 0.1) is 10.4 Å². The first-order chi connectivity index (χ1) is 14.2. The molecule has 7 heteroatoms. The number of aromatic nitrogens is 1.